The van der Waals surface area contributed by atoms with Crippen LogP contribution in [-0.2, 0) is 19.1 Å². The fourth-order valence-corrected chi connectivity index (χ4v) is 2.80. The molecule has 0 amide bonds. The number of carbonyl (C=O) groups is 2. The van der Waals surface area contributed by atoms with Gasteiger partial charge in [-0.05, 0) is 18.3 Å². The first-order valence-corrected chi connectivity index (χ1v) is 8.65. The zero-order chi connectivity index (χ0) is 18.3. The summed E-state index contributed by atoms with van der Waals surface area (Å²) in [5, 5.41) is 9.64. The zero-order valence-electron chi connectivity index (χ0n) is 15.4. The second kappa shape index (κ2) is 9.02. The summed E-state index contributed by atoms with van der Waals surface area (Å²) < 4.78 is 10.5. The Bertz CT molecular complexity index is 506. The van der Waals surface area contributed by atoms with Crippen molar-refractivity contribution in [1.29, 1.82) is 0 Å². The van der Waals surface area contributed by atoms with E-state index in [9.17, 15) is 14.7 Å². The van der Waals surface area contributed by atoms with Crippen molar-refractivity contribution in [3.05, 3.63) is 23.3 Å². The van der Waals surface area contributed by atoms with Crippen LogP contribution in [0.1, 0.15) is 53.9 Å². The van der Waals surface area contributed by atoms with Gasteiger partial charge < -0.3 is 14.6 Å². The van der Waals surface area contributed by atoms with E-state index in [2.05, 4.69) is 27.7 Å². The molecule has 1 N–H and O–H groups in total. The molecular formula is C19H30O5. The van der Waals surface area contributed by atoms with Crippen LogP contribution in [0.3, 0.4) is 0 Å². The molecule has 5 nitrogen and oxygen atoms in total. The third kappa shape index (κ3) is 5.48. The fourth-order valence-electron chi connectivity index (χ4n) is 2.80. The molecule has 0 bridgehead atoms. The van der Waals surface area contributed by atoms with Crippen molar-refractivity contribution in [3.63, 3.8) is 0 Å². The third-order valence-corrected chi connectivity index (χ3v) is 4.13. The SMILES string of the molecule is CCCC(=O)OCC1(CO)C/C(=C\C=C(C(C)C)C(C)C)C(=O)O1. The highest BCUT2D eigenvalue weighted by Gasteiger charge is 2.44. The van der Waals surface area contributed by atoms with E-state index in [0.29, 0.717) is 30.3 Å². The lowest BCUT2D eigenvalue weighted by molar-refractivity contribution is -0.166. The highest BCUT2D eigenvalue weighted by Crippen LogP contribution is 2.32. The number of cyclic esters (lactones) is 1. The van der Waals surface area contributed by atoms with Crippen LogP contribution in [0.15, 0.2) is 23.3 Å². The van der Waals surface area contributed by atoms with Crippen molar-refractivity contribution in [2.75, 3.05) is 13.2 Å². The van der Waals surface area contributed by atoms with E-state index in [1.54, 1.807) is 6.08 Å². The van der Waals surface area contributed by atoms with Gasteiger partial charge in [-0.3, -0.25) is 4.79 Å². The quantitative estimate of drug-likeness (QED) is 0.543. The van der Waals surface area contributed by atoms with Gasteiger partial charge in [0.05, 0.1) is 6.61 Å². The molecule has 24 heavy (non-hydrogen) atoms. The fraction of sp³-hybridized carbons (Fsp3) is 0.684. The van der Waals surface area contributed by atoms with Crippen molar-refractivity contribution >= 4 is 11.9 Å². The monoisotopic (exact) mass is 338 g/mol. The number of esters is 2. The Labute approximate surface area is 144 Å². The average molecular weight is 338 g/mol. The topological polar surface area (TPSA) is 72.8 Å². The molecule has 5 heteroatoms. The van der Waals surface area contributed by atoms with Crippen molar-refractivity contribution in [3.8, 4) is 0 Å². The number of hydrogen-bond donors (Lipinski definition) is 1. The number of aliphatic hydroxyl groups excluding tert-OH is 1. The number of aliphatic hydroxyl groups is 1. The highest BCUT2D eigenvalue weighted by molar-refractivity contribution is 5.91. The van der Waals surface area contributed by atoms with Crippen LogP contribution in [0.4, 0.5) is 0 Å². The minimum Gasteiger partial charge on any atom is -0.461 e. The zero-order valence-corrected chi connectivity index (χ0v) is 15.4. The van der Waals surface area contributed by atoms with Gasteiger partial charge in [0.1, 0.15) is 6.61 Å². The van der Waals surface area contributed by atoms with Gasteiger partial charge in [-0.25, -0.2) is 4.79 Å². The van der Waals surface area contributed by atoms with Gasteiger partial charge in [0, 0.05) is 18.4 Å². The average Bonchev–Trinajstić information content (AvgIpc) is 2.82. The minimum absolute atomic E-state index is 0.115. The lowest BCUT2D eigenvalue weighted by Gasteiger charge is -2.24. The first-order valence-electron chi connectivity index (χ1n) is 8.65. The van der Waals surface area contributed by atoms with E-state index in [1.165, 1.54) is 5.57 Å². The Morgan fingerprint density at radius 3 is 2.46 bits per heavy atom. The molecule has 1 heterocycles. The van der Waals surface area contributed by atoms with Crippen molar-refractivity contribution in [2.24, 2.45) is 11.8 Å². The number of rotatable bonds is 8. The molecule has 0 spiro atoms. The van der Waals surface area contributed by atoms with Crippen LogP contribution in [0.2, 0.25) is 0 Å². The molecule has 1 fully saturated rings. The Morgan fingerprint density at radius 2 is 1.96 bits per heavy atom. The Kier molecular flexibility index (Phi) is 7.67. The van der Waals surface area contributed by atoms with Crippen molar-refractivity contribution < 1.29 is 24.2 Å². The van der Waals surface area contributed by atoms with Gasteiger partial charge in [0.25, 0.3) is 0 Å². The predicted molar refractivity (Wildman–Crippen MR) is 92.2 cm³/mol. The van der Waals surface area contributed by atoms with Gasteiger partial charge in [-0.15, -0.1) is 0 Å². The molecule has 0 radical (unpaired) electrons. The molecule has 0 aromatic rings. The summed E-state index contributed by atoms with van der Waals surface area (Å²) in [5.41, 5.74) is 0.580. The maximum atomic E-state index is 12.1. The molecule has 1 saturated heterocycles. The summed E-state index contributed by atoms with van der Waals surface area (Å²) >= 11 is 0. The minimum atomic E-state index is -1.16. The molecule has 1 atom stereocenters. The Hall–Kier alpha value is -1.62. The van der Waals surface area contributed by atoms with Gasteiger partial charge in [0.15, 0.2) is 5.60 Å². The van der Waals surface area contributed by atoms with Crippen LogP contribution < -0.4 is 0 Å². The summed E-state index contributed by atoms with van der Waals surface area (Å²) in [6.07, 6.45) is 4.97. The van der Waals surface area contributed by atoms with Crippen molar-refractivity contribution in [2.45, 2.75) is 59.5 Å². The molecular weight excluding hydrogens is 308 g/mol. The largest absolute Gasteiger partial charge is 0.461 e. The normalized spacial score (nSPS) is 22.2. The molecule has 1 aliphatic rings. The third-order valence-electron chi connectivity index (χ3n) is 4.13. The van der Waals surface area contributed by atoms with Gasteiger partial charge in [-0.1, -0.05) is 52.3 Å². The molecule has 0 aliphatic carbocycles. The predicted octanol–water partition coefficient (Wildman–Crippen LogP) is 3.17. The Morgan fingerprint density at radius 1 is 1.33 bits per heavy atom. The van der Waals surface area contributed by atoms with E-state index < -0.39 is 11.6 Å². The first-order chi connectivity index (χ1) is 11.2. The van der Waals surface area contributed by atoms with Crippen LogP contribution in [0.25, 0.3) is 0 Å². The molecule has 136 valence electrons. The number of ether oxygens (including phenoxy) is 2. The summed E-state index contributed by atoms with van der Waals surface area (Å²) in [7, 11) is 0. The molecule has 0 aromatic carbocycles. The van der Waals surface area contributed by atoms with E-state index in [4.69, 9.17) is 9.47 Å². The smallest absolute Gasteiger partial charge is 0.334 e. The molecule has 0 saturated carbocycles. The summed E-state index contributed by atoms with van der Waals surface area (Å²) in [5.74, 6) is -0.0342. The maximum absolute atomic E-state index is 12.1. The molecule has 1 aliphatic heterocycles. The lowest BCUT2D eigenvalue weighted by atomic mass is 9.91. The Balaban J connectivity index is 2.87. The summed E-state index contributed by atoms with van der Waals surface area (Å²) in [6.45, 7) is 9.85. The lowest BCUT2D eigenvalue weighted by Crippen LogP contribution is -2.39. The highest BCUT2D eigenvalue weighted by atomic mass is 16.6. The summed E-state index contributed by atoms with van der Waals surface area (Å²) in [6, 6.07) is 0. The van der Waals surface area contributed by atoms with Crippen LogP contribution in [-0.4, -0.2) is 35.9 Å². The van der Waals surface area contributed by atoms with E-state index in [0.717, 1.165) is 0 Å². The number of carbonyl (C=O) groups excluding carboxylic acids is 2. The van der Waals surface area contributed by atoms with E-state index in [1.807, 2.05) is 13.0 Å². The first kappa shape index (κ1) is 20.4. The number of allylic oxidation sites excluding steroid dienone is 3. The van der Waals surface area contributed by atoms with Crippen LogP contribution in [0, 0.1) is 11.8 Å². The van der Waals surface area contributed by atoms with Gasteiger partial charge >= 0.3 is 11.9 Å². The van der Waals surface area contributed by atoms with Crippen LogP contribution in [0.5, 0.6) is 0 Å². The standard InChI is InChI=1S/C19H30O5/c1-6-7-17(21)23-12-19(11-20)10-15(18(22)24-19)8-9-16(13(2)3)14(4)5/h8-9,13-14,20H,6-7,10-12H2,1-5H3/b15-8+. The van der Waals surface area contributed by atoms with Crippen molar-refractivity contribution in [1.82, 2.24) is 0 Å². The molecule has 1 rings (SSSR count). The van der Waals surface area contributed by atoms with Gasteiger partial charge in [0.2, 0.25) is 0 Å². The van der Waals surface area contributed by atoms with E-state index >= 15 is 0 Å². The molecule has 0 aromatic heterocycles. The molecule has 1 unspecified atom stereocenters. The van der Waals surface area contributed by atoms with E-state index in [-0.39, 0.29) is 25.6 Å². The second-order valence-electron chi connectivity index (χ2n) is 6.99. The maximum Gasteiger partial charge on any atom is 0.334 e. The summed E-state index contributed by atoms with van der Waals surface area (Å²) in [4.78, 5) is 23.6. The van der Waals surface area contributed by atoms with Gasteiger partial charge in [-0.2, -0.15) is 0 Å². The second-order valence-corrected chi connectivity index (χ2v) is 6.99. The van der Waals surface area contributed by atoms with Crippen LogP contribution >= 0.6 is 0 Å². The number of hydrogen-bond acceptors (Lipinski definition) is 5.